The summed E-state index contributed by atoms with van der Waals surface area (Å²) in [6.45, 7) is 0. The molecule has 0 radical (unpaired) electrons. The van der Waals surface area contributed by atoms with Gasteiger partial charge < -0.3 is 0 Å². The van der Waals surface area contributed by atoms with Gasteiger partial charge in [0.1, 0.15) is 0 Å². The van der Waals surface area contributed by atoms with E-state index in [4.69, 9.17) is 16.9 Å². The molecule has 1 N–H and O–H groups in total. The Morgan fingerprint density at radius 2 is 1.87 bits per heavy atom. The van der Waals surface area contributed by atoms with Crippen LogP contribution in [0.4, 0.5) is 0 Å². The highest BCUT2D eigenvalue weighted by Crippen LogP contribution is 2.19. The lowest BCUT2D eigenvalue weighted by Crippen LogP contribution is -2.31. The first-order valence-electron chi connectivity index (χ1n) is 6.31. The molecule has 5 nitrogen and oxygen atoms in total. The summed E-state index contributed by atoms with van der Waals surface area (Å²) in [6.07, 6.45) is -0.102. The Balaban J connectivity index is 2.17. The predicted molar refractivity (Wildman–Crippen MR) is 89.3 cm³/mol. The van der Waals surface area contributed by atoms with Crippen molar-refractivity contribution in [1.29, 1.82) is 5.26 Å². The van der Waals surface area contributed by atoms with Gasteiger partial charge in [0, 0.05) is 9.50 Å². The Morgan fingerprint density at radius 1 is 1.22 bits per heavy atom. The zero-order valence-electron chi connectivity index (χ0n) is 11.6. The fourth-order valence-electron chi connectivity index (χ4n) is 1.81. The van der Waals surface area contributed by atoms with Crippen LogP contribution in [0.15, 0.2) is 51.8 Å². The van der Waals surface area contributed by atoms with Crippen LogP contribution in [-0.2, 0) is 21.2 Å². The zero-order chi connectivity index (χ0) is 17.0. The van der Waals surface area contributed by atoms with E-state index in [0.717, 1.165) is 0 Å². The number of nitriles is 1. The standard InChI is InChI=1S/C15H10BrClN2O3S/c16-12-5-11(9-18)6-14(8-12)23(21,22)19-15(20)7-10-1-3-13(17)4-2-10/h1-6,8H,7H2,(H,19,20). The Morgan fingerprint density at radius 3 is 2.48 bits per heavy atom. The molecule has 0 spiro atoms. The number of hydrogen-bond acceptors (Lipinski definition) is 4. The van der Waals surface area contributed by atoms with Crippen molar-refractivity contribution in [3.63, 3.8) is 0 Å². The highest BCUT2D eigenvalue weighted by molar-refractivity contribution is 9.10. The second kappa shape index (κ2) is 7.13. The van der Waals surface area contributed by atoms with Gasteiger partial charge in [-0.25, -0.2) is 13.1 Å². The maximum Gasteiger partial charge on any atom is 0.264 e. The maximum atomic E-state index is 12.2. The Kier molecular flexibility index (Phi) is 5.42. The van der Waals surface area contributed by atoms with E-state index in [-0.39, 0.29) is 16.9 Å². The number of rotatable bonds is 4. The highest BCUT2D eigenvalue weighted by atomic mass is 79.9. The molecule has 0 aliphatic carbocycles. The molecule has 0 heterocycles. The van der Waals surface area contributed by atoms with Gasteiger partial charge in [-0.2, -0.15) is 5.26 Å². The van der Waals surface area contributed by atoms with Crippen molar-refractivity contribution in [2.24, 2.45) is 0 Å². The number of carbonyl (C=O) groups is 1. The minimum Gasteiger partial charge on any atom is -0.274 e. The van der Waals surface area contributed by atoms with Gasteiger partial charge in [0.05, 0.1) is 22.9 Å². The molecule has 23 heavy (non-hydrogen) atoms. The first-order chi connectivity index (χ1) is 10.8. The predicted octanol–water partition coefficient (Wildman–Crippen LogP) is 3.02. The number of carbonyl (C=O) groups excluding carboxylic acids is 1. The van der Waals surface area contributed by atoms with E-state index >= 15 is 0 Å². The molecular formula is C15H10BrClN2O3S. The average Bonchev–Trinajstić information content (AvgIpc) is 2.48. The van der Waals surface area contributed by atoms with Crippen molar-refractivity contribution in [2.45, 2.75) is 11.3 Å². The summed E-state index contributed by atoms with van der Waals surface area (Å²) in [4.78, 5) is 11.8. The maximum absolute atomic E-state index is 12.2. The normalized spacial score (nSPS) is 10.8. The van der Waals surface area contributed by atoms with Gasteiger partial charge in [0.2, 0.25) is 5.91 Å². The van der Waals surface area contributed by atoms with Gasteiger partial charge in [-0.15, -0.1) is 0 Å². The van der Waals surface area contributed by atoms with Gasteiger partial charge in [-0.1, -0.05) is 39.7 Å². The van der Waals surface area contributed by atoms with E-state index in [1.807, 2.05) is 10.8 Å². The van der Waals surface area contributed by atoms with Gasteiger partial charge in [-0.05, 0) is 35.9 Å². The minimum absolute atomic E-state index is 0.102. The Hall–Kier alpha value is -1.88. The number of hydrogen-bond donors (Lipinski definition) is 1. The van der Waals surface area contributed by atoms with Crippen molar-refractivity contribution in [3.8, 4) is 6.07 Å². The minimum atomic E-state index is -4.05. The summed E-state index contributed by atoms with van der Waals surface area (Å²) in [6, 6.07) is 12.4. The molecule has 118 valence electrons. The summed E-state index contributed by atoms with van der Waals surface area (Å²) in [5, 5.41) is 9.42. The Bertz CT molecular complexity index is 890. The van der Waals surface area contributed by atoms with Crippen LogP contribution in [0.2, 0.25) is 5.02 Å². The van der Waals surface area contributed by atoms with Gasteiger partial charge >= 0.3 is 0 Å². The number of halogens is 2. The van der Waals surface area contributed by atoms with Gasteiger partial charge in [0.15, 0.2) is 0 Å². The monoisotopic (exact) mass is 412 g/mol. The fourth-order valence-corrected chi connectivity index (χ4v) is 3.64. The molecule has 0 fully saturated rings. The van der Waals surface area contributed by atoms with E-state index < -0.39 is 15.9 Å². The topological polar surface area (TPSA) is 87.0 Å². The van der Waals surface area contributed by atoms with Crippen LogP contribution in [0.1, 0.15) is 11.1 Å². The second-order valence-electron chi connectivity index (χ2n) is 4.62. The molecule has 8 heteroatoms. The SMILES string of the molecule is N#Cc1cc(Br)cc(S(=O)(=O)NC(=O)Cc2ccc(Cl)cc2)c1. The van der Waals surface area contributed by atoms with Crippen molar-refractivity contribution in [2.75, 3.05) is 0 Å². The van der Waals surface area contributed by atoms with E-state index in [0.29, 0.717) is 15.1 Å². The van der Waals surface area contributed by atoms with Crippen LogP contribution in [0, 0.1) is 11.3 Å². The lowest BCUT2D eigenvalue weighted by molar-refractivity contribution is -0.118. The number of benzene rings is 2. The quantitative estimate of drug-likeness (QED) is 0.834. The third-order valence-corrected chi connectivity index (χ3v) is 4.90. The lowest BCUT2D eigenvalue weighted by atomic mass is 10.1. The van der Waals surface area contributed by atoms with Crippen LogP contribution in [-0.4, -0.2) is 14.3 Å². The third kappa shape index (κ3) is 4.79. The first kappa shape index (κ1) is 17.5. The molecule has 2 rings (SSSR count). The molecule has 1 amide bonds. The highest BCUT2D eigenvalue weighted by Gasteiger charge is 2.19. The number of sulfonamides is 1. The van der Waals surface area contributed by atoms with Gasteiger partial charge in [0.25, 0.3) is 10.0 Å². The largest absolute Gasteiger partial charge is 0.274 e. The van der Waals surface area contributed by atoms with Gasteiger partial charge in [-0.3, -0.25) is 4.79 Å². The zero-order valence-corrected chi connectivity index (χ0v) is 14.7. The smallest absolute Gasteiger partial charge is 0.264 e. The lowest BCUT2D eigenvalue weighted by Gasteiger charge is -2.08. The molecule has 0 unspecified atom stereocenters. The molecule has 2 aromatic rings. The second-order valence-corrected chi connectivity index (χ2v) is 7.65. The molecular weight excluding hydrogens is 404 g/mol. The summed E-state index contributed by atoms with van der Waals surface area (Å²) in [5.74, 6) is -0.675. The van der Waals surface area contributed by atoms with Crippen LogP contribution < -0.4 is 4.72 Å². The van der Waals surface area contributed by atoms with E-state index in [2.05, 4.69) is 15.9 Å². The molecule has 0 saturated heterocycles. The fraction of sp³-hybridized carbons (Fsp3) is 0.0667. The van der Waals surface area contributed by atoms with E-state index in [9.17, 15) is 13.2 Å². The summed E-state index contributed by atoms with van der Waals surface area (Å²) in [7, 11) is -4.05. The number of nitrogens with zero attached hydrogens (tertiary/aromatic N) is 1. The van der Waals surface area contributed by atoms with E-state index in [1.165, 1.54) is 18.2 Å². The molecule has 0 saturated carbocycles. The van der Waals surface area contributed by atoms with Crippen molar-refractivity contribution in [3.05, 3.63) is 63.1 Å². The van der Waals surface area contributed by atoms with Crippen LogP contribution in [0.25, 0.3) is 0 Å². The van der Waals surface area contributed by atoms with Crippen LogP contribution in [0.3, 0.4) is 0 Å². The van der Waals surface area contributed by atoms with Crippen LogP contribution in [0.5, 0.6) is 0 Å². The summed E-state index contributed by atoms with van der Waals surface area (Å²) >= 11 is 8.88. The number of amides is 1. The molecule has 0 bridgehead atoms. The molecule has 0 aromatic heterocycles. The average molecular weight is 414 g/mol. The molecule has 0 aliphatic rings. The van der Waals surface area contributed by atoms with Crippen molar-refractivity contribution in [1.82, 2.24) is 4.72 Å². The van der Waals surface area contributed by atoms with Crippen LogP contribution >= 0.6 is 27.5 Å². The molecule has 2 aromatic carbocycles. The molecule has 0 aliphatic heterocycles. The summed E-state index contributed by atoms with van der Waals surface area (Å²) in [5.41, 5.74) is 0.805. The third-order valence-electron chi connectivity index (χ3n) is 2.84. The molecule has 0 atom stereocenters. The summed E-state index contributed by atoms with van der Waals surface area (Å²) < 4.78 is 26.9. The first-order valence-corrected chi connectivity index (χ1v) is 8.96. The van der Waals surface area contributed by atoms with Crippen molar-refractivity contribution < 1.29 is 13.2 Å². The van der Waals surface area contributed by atoms with E-state index in [1.54, 1.807) is 24.3 Å². The Labute approximate surface area is 147 Å². The van der Waals surface area contributed by atoms with Crippen molar-refractivity contribution >= 4 is 43.5 Å². The number of nitrogens with one attached hydrogen (secondary N) is 1.